The van der Waals surface area contributed by atoms with Crippen LogP contribution in [0.5, 0.6) is 0 Å². The van der Waals surface area contributed by atoms with Crippen molar-refractivity contribution < 1.29 is 19.7 Å². The topological polar surface area (TPSA) is 81.8 Å². The smallest absolute Gasteiger partial charge is 0.361 e. The lowest BCUT2D eigenvalue weighted by molar-refractivity contribution is -0.282. The van der Waals surface area contributed by atoms with Gasteiger partial charge in [-0.3, -0.25) is 4.89 Å². The van der Waals surface area contributed by atoms with Gasteiger partial charge in [0.1, 0.15) is 12.6 Å². The fourth-order valence-corrected chi connectivity index (χ4v) is 0.982. The van der Waals surface area contributed by atoms with Gasteiger partial charge < -0.3 is 10.8 Å². The first-order chi connectivity index (χ1) is 7.61. The highest BCUT2D eigenvalue weighted by Crippen LogP contribution is 2.01. The minimum atomic E-state index is -1.09. The Hall–Kier alpha value is -1.43. The van der Waals surface area contributed by atoms with Crippen LogP contribution in [0.2, 0.25) is 0 Å². The molecule has 2 atom stereocenters. The summed E-state index contributed by atoms with van der Waals surface area (Å²) < 4.78 is 0. The van der Waals surface area contributed by atoms with Gasteiger partial charge in [-0.05, 0) is 12.5 Å². The minimum absolute atomic E-state index is 0.152. The van der Waals surface area contributed by atoms with Crippen LogP contribution < -0.4 is 5.73 Å². The number of carbonyl (C=O) groups is 1. The predicted octanol–water partition coefficient (Wildman–Crippen LogP) is 0.369. The van der Waals surface area contributed by atoms with Crippen molar-refractivity contribution in [1.82, 2.24) is 0 Å². The molecule has 1 aromatic carbocycles. The van der Waals surface area contributed by atoms with Crippen LogP contribution in [0, 0.1) is 0 Å². The number of benzene rings is 1. The third-order valence-corrected chi connectivity index (χ3v) is 2.00. The first-order valence-electron chi connectivity index (χ1n) is 4.92. The zero-order valence-corrected chi connectivity index (χ0v) is 9.00. The van der Waals surface area contributed by atoms with Gasteiger partial charge in [0.2, 0.25) is 0 Å². The lowest BCUT2D eigenvalue weighted by Crippen LogP contribution is -2.41. The van der Waals surface area contributed by atoms with Gasteiger partial charge in [0.05, 0.1) is 6.10 Å². The van der Waals surface area contributed by atoms with Crippen LogP contribution in [0.3, 0.4) is 0 Å². The van der Waals surface area contributed by atoms with Crippen molar-refractivity contribution in [3.63, 3.8) is 0 Å². The summed E-state index contributed by atoms with van der Waals surface area (Å²) in [6.45, 7) is 1.56. The molecule has 88 valence electrons. The molecule has 0 fully saturated rings. The van der Waals surface area contributed by atoms with Crippen LogP contribution in [0.4, 0.5) is 0 Å². The average molecular weight is 225 g/mol. The maximum Gasteiger partial charge on any atom is 0.361 e. The van der Waals surface area contributed by atoms with Gasteiger partial charge in [-0.25, -0.2) is 4.79 Å². The second-order valence-electron chi connectivity index (χ2n) is 3.42. The van der Waals surface area contributed by atoms with Crippen molar-refractivity contribution in [2.75, 3.05) is 0 Å². The monoisotopic (exact) mass is 225 g/mol. The van der Waals surface area contributed by atoms with Gasteiger partial charge in [0.15, 0.2) is 0 Å². The van der Waals surface area contributed by atoms with E-state index in [0.29, 0.717) is 0 Å². The molecule has 0 aliphatic carbocycles. The van der Waals surface area contributed by atoms with Crippen LogP contribution in [-0.4, -0.2) is 23.2 Å². The molecule has 5 heteroatoms. The van der Waals surface area contributed by atoms with E-state index in [1.807, 2.05) is 30.3 Å². The van der Waals surface area contributed by atoms with Gasteiger partial charge in [-0.1, -0.05) is 30.3 Å². The van der Waals surface area contributed by atoms with E-state index >= 15 is 0 Å². The van der Waals surface area contributed by atoms with Gasteiger partial charge in [-0.15, -0.1) is 0 Å². The van der Waals surface area contributed by atoms with Gasteiger partial charge in [0, 0.05) is 0 Å². The lowest BCUT2D eigenvalue weighted by Gasteiger charge is -2.12. The molecule has 0 heterocycles. The summed E-state index contributed by atoms with van der Waals surface area (Å²) in [5.41, 5.74) is 6.21. The van der Waals surface area contributed by atoms with Crippen molar-refractivity contribution in [2.24, 2.45) is 5.73 Å². The minimum Gasteiger partial charge on any atom is -0.391 e. The number of rotatable bonds is 5. The molecule has 3 N–H and O–H groups in total. The Morgan fingerprint density at radius 1 is 1.44 bits per heavy atom. The van der Waals surface area contributed by atoms with Crippen LogP contribution >= 0.6 is 0 Å². The lowest BCUT2D eigenvalue weighted by atomic mass is 10.2. The maximum atomic E-state index is 11.1. The van der Waals surface area contributed by atoms with Crippen LogP contribution in [-0.2, 0) is 21.2 Å². The van der Waals surface area contributed by atoms with Gasteiger partial charge in [0.25, 0.3) is 0 Å². The fourth-order valence-electron chi connectivity index (χ4n) is 0.982. The molecule has 0 saturated heterocycles. The number of carbonyl (C=O) groups excluding carboxylic acids is 1. The summed E-state index contributed by atoms with van der Waals surface area (Å²) >= 11 is 0. The van der Waals surface area contributed by atoms with E-state index < -0.39 is 18.1 Å². The standard InChI is InChI=1S/C11H15NO4/c1-8(13)10(12)11(14)16-15-7-9-5-3-2-4-6-9/h2-6,8,10,13H,7,12H2,1H3. The maximum absolute atomic E-state index is 11.1. The number of hydrogen-bond donors (Lipinski definition) is 2. The largest absolute Gasteiger partial charge is 0.391 e. The molecule has 0 bridgehead atoms. The molecule has 0 aliphatic rings. The van der Waals surface area contributed by atoms with Gasteiger partial charge in [-0.2, -0.15) is 4.89 Å². The summed E-state index contributed by atoms with van der Waals surface area (Å²) in [7, 11) is 0. The number of hydrogen-bond acceptors (Lipinski definition) is 5. The predicted molar refractivity (Wildman–Crippen MR) is 57.0 cm³/mol. The van der Waals surface area contributed by atoms with Crippen molar-refractivity contribution in [3.8, 4) is 0 Å². The summed E-state index contributed by atoms with van der Waals surface area (Å²) in [6, 6.07) is 8.16. The van der Waals surface area contributed by atoms with Crippen molar-refractivity contribution in [1.29, 1.82) is 0 Å². The Bertz CT molecular complexity index is 326. The van der Waals surface area contributed by atoms with Crippen LogP contribution in [0.15, 0.2) is 30.3 Å². The van der Waals surface area contributed by atoms with Gasteiger partial charge >= 0.3 is 5.97 Å². The van der Waals surface area contributed by atoms with Crippen LogP contribution in [0.1, 0.15) is 12.5 Å². The second-order valence-corrected chi connectivity index (χ2v) is 3.42. The van der Waals surface area contributed by atoms with Crippen molar-refractivity contribution >= 4 is 5.97 Å². The molecule has 1 aromatic rings. The Kier molecular flexibility index (Phi) is 4.91. The van der Waals surface area contributed by atoms with Crippen molar-refractivity contribution in [2.45, 2.75) is 25.7 Å². The molecule has 0 amide bonds. The molecular weight excluding hydrogens is 210 g/mol. The normalized spacial score (nSPS) is 14.2. The molecule has 0 aliphatic heterocycles. The average Bonchev–Trinajstić information content (AvgIpc) is 2.29. The van der Waals surface area contributed by atoms with E-state index in [2.05, 4.69) is 4.89 Å². The first kappa shape index (κ1) is 12.6. The Labute approximate surface area is 93.7 Å². The summed E-state index contributed by atoms with van der Waals surface area (Å²) in [6.07, 6.45) is -0.965. The zero-order valence-electron chi connectivity index (χ0n) is 9.00. The molecule has 16 heavy (non-hydrogen) atoms. The molecule has 0 spiro atoms. The number of aliphatic hydroxyl groups is 1. The second kappa shape index (κ2) is 6.22. The summed E-state index contributed by atoms with van der Waals surface area (Å²) in [5.74, 6) is -0.786. The highest BCUT2D eigenvalue weighted by Gasteiger charge is 2.21. The van der Waals surface area contributed by atoms with E-state index in [1.165, 1.54) is 6.92 Å². The molecule has 0 aromatic heterocycles. The first-order valence-corrected chi connectivity index (χ1v) is 4.92. The summed E-state index contributed by atoms with van der Waals surface area (Å²) in [4.78, 5) is 20.3. The summed E-state index contributed by atoms with van der Waals surface area (Å²) in [5, 5.41) is 9.03. The van der Waals surface area contributed by atoms with E-state index in [1.54, 1.807) is 0 Å². The molecule has 1 rings (SSSR count). The fraction of sp³-hybridized carbons (Fsp3) is 0.364. The van der Waals surface area contributed by atoms with E-state index in [4.69, 9.17) is 15.7 Å². The van der Waals surface area contributed by atoms with E-state index in [0.717, 1.165) is 5.56 Å². The highest BCUT2D eigenvalue weighted by molar-refractivity contribution is 5.75. The van der Waals surface area contributed by atoms with E-state index in [9.17, 15) is 4.79 Å². The van der Waals surface area contributed by atoms with E-state index in [-0.39, 0.29) is 6.61 Å². The quantitative estimate of drug-likeness (QED) is 0.559. The van der Waals surface area contributed by atoms with Crippen molar-refractivity contribution in [3.05, 3.63) is 35.9 Å². The number of aliphatic hydroxyl groups excluding tert-OH is 1. The number of nitrogens with two attached hydrogens (primary N) is 1. The molecule has 2 unspecified atom stereocenters. The third-order valence-electron chi connectivity index (χ3n) is 2.00. The molecular formula is C11H15NO4. The molecule has 5 nitrogen and oxygen atoms in total. The zero-order chi connectivity index (χ0) is 12.0. The Morgan fingerprint density at radius 3 is 2.62 bits per heavy atom. The molecule has 0 radical (unpaired) electrons. The Morgan fingerprint density at radius 2 is 2.06 bits per heavy atom. The molecule has 0 saturated carbocycles. The Balaban J connectivity index is 2.28. The SMILES string of the molecule is CC(O)C(N)C(=O)OOCc1ccccc1. The third kappa shape index (κ3) is 3.98. The van der Waals surface area contributed by atoms with Crippen LogP contribution in [0.25, 0.3) is 0 Å². The highest BCUT2D eigenvalue weighted by atomic mass is 17.2.